The van der Waals surface area contributed by atoms with Gasteiger partial charge in [0.1, 0.15) is 5.82 Å². The molecule has 3 amide bonds. The summed E-state index contributed by atoms with van der Waals surface area (Å²) in [5, 5.41) is 2.58. The predicted octanol–water partition coefficient (Wildman–Crippen LogP) is 6.50. The Bertz CT molecular complexity index is 1420. The van der Waals surface area contributed by atoms with Crippen molar-refractivity contribution in [1.82, 2.24) is 4.90 Å². The highest BCUT2D eigenvalue weighted by atomic mass is 79.9. The van der Waals surface area contributed by atoms with Crippen LogP contribution in [0.1, 0.15) is 11.1 Å². The number of halogens is 3. The Balaban J connectivity index is 1.48. The average Bonchev–Trinajstić information content (AvgIpc) is 3.13. The zero-order chi connectivity index (χ0) is 26.5. The molecule has 3 aromatic carbocycles. The first kappa shape index (κ1) is 26.7. The maximum absolute atomic E-state index is 14.0. The summed E-state index contributed by atoms with van der Waals surface area (Å²) in [7, 11) is 1.44. The smallest absolute Gasteiger partial charge is 0.293 e. The van der Waals surface area contributed by atoms with Gasteiger partial charge in [-0.1, -0.05) is 41.9 Å². The molecular formula is C26H19BrClFN2O5S. The van der Waals surface area contributed by atoms with Crippen LogP contribution in [0.3, 0.4) is 0 Å². The van der Waals surface area contributed by atoms with Crippen LogP contribution in [0, 0.1) is 5.82 Å². The molecule has 0 radical (unpaired) electrons. The van der Waals surface area contributed by atoms with Crippen LogP contribution in [-0.4, -0.2) is 35.7 Å². The first-order valence-electron chi connectivity index (χ1n) is 10.8. The van der Waals surface area contributed by atoms with Gasteiger partial charge in [0.15, 0.2) is 18.1 Å². The molecule has 0 saturated carbocycles. The zero-order valence-corrected chi connectivity index (χ0v) is 22.5. The number of hydrogen-bond donors (Lipinski definition) is 1. The van der Waals surface area contributed by atoms with Crippen molar-refractivity contribution in [3.63, 3.8) is 0 Å². The Morgan fingerprint density at radius 1 is 1.16 bits per heavy atom. The monoisotopic (exact) mass is 604 g/mol. The van der Waals surface area contributed by atoms with Gasteiger partial charge in [-0.2, -0.15) is 0 Å². The predicted molar refractivity (Wildman–Crippen MR) is 144 cm³/mol. The molecule has 1 aliphatic heterocycles. The summed E-state index contributed by atoms with van der Waals surface area (Å²) in [6.07, 6.45) is 1.54. The van der Waals surface area contributed by atoms with E-state index in [1.165, 1.54) is 31.4 Å². The summed E-state index contributed by atoms with van der Waals surface area (Å²) in [4.78, 5) is 38.8. The van der Waals surface area contributed by atoms with E-state index in [2.05, 4.69) is 21.2 Å². The summed E-state index contributed by atoms with van der Waals surface area (Å²) < 4.78 is 25.6. The number of ether oxygens (including phenoxy) is 2. The van der Waals surface area contributed by atoms with E-state index in [4.69, 9.17) is 21.1 Å². The lowest BCUT2D eigenvalue weighted by Crippen LogP contribution is -2.27. The number of thioether (sulfide) groups is 1. The van der Waals surface area contributed by atoms with Gasteiger partial charge in [-0.05, 0) is 69.7 Å². The Kier molecular flexibility index (Phi) is 8.52. The summed E-state index contributed by atoms with van der Waals surface area (Å²) in [6.45, 7) is -0.473. The second kappa shape index (κ2) is 11.8. The van der Waals surface area contributed by atoms with Gasteiger partial charge in [0.25, 0.3) is 17.1 Å². The van der Waals surface area contributed by atoms with Gasteiger partial charge in [0.2, 0.25) is 0 Å². The maximum Gasteiger partial charge on any atom is 0.293 e. The van der Waals surface area contributed by atoms with Gasteiger partial charge in [0, 0.05) is 5.56 Å². The molecule has 0 aliphatic carbocycles. The highest BCUT2D eigenvalue weighted by Gasteiger charge is 2.35. The Hall–Kier alpha value is -3.34. The number of rotatable bonds is 8. The molecule has 0 aromatic heterocycles. The normalized spacial score (nSPS) is 14.3. The topological polar surface area (TPSA) is 84.9 Å². The molecule has 0 spiro atoms. The molecule has 11 heteroatoms. The number of anilines is 1. The molecule has 190 valence electrons. The van der Waals surface area contributed by atoms with Crippen LogP contribution >= 0.6 is 39.3 Å². The highest BCUT2D eigenvalue weighted by molar-refractivity contribution is 9.10. The van der Waals surface area contributed by atoms with Crippen LogP contribution in [-0.2, 0) is 16.1 Å². The lowest BCUT2D eigenvalue weighted by Gasteiger charge is -2.14. The van der Waals surface area contributed by atoms with Crippen molar-refractivity contribution >= 4 is 68.1 Å². The number of hydrogen-bond acceptors (Lipinski definition) is 6. The van der Waals surface area contributed by atoms with Crippen molar-refractivity contribution in [3.8, 4) is 11.5 Å². The van der Waals surface area contributed by atoms with E-state index in [9.17, 15) is 18.8 Å². The fourth-order valence-corrected chi connectivity index (χ4v) is 5.03. The van der Waals surface area contributed by atoms with Gasteiger partial charge in [0.05, 0.1) is 33.7 Å². The average molecular weight is 606 g/mol. The molecular weight excluding hydrogens is 587 g/mol. The molecule has 3 aromatic rings. The third kappa shape index (κ3) is 6.33. The van der Waals surface area contributed by atoms with Crippen molar-refractivity contribution < 1.29 is 28.2 Å². The molecule has 0 atom stereocenters. The Morgan fingerprint density at radius 2 is 1.89 bits per heavy atom. The minimum absolute atomic E-state index is 0.162. The molecule has 0 unspecified atom stereocenters. The Morgan fingerprint density at radius 3 is 2.62 bits per heavy atom. The number of benzene rings is 3. The molecule has 1 N–H and O–H groups in total. The van der Waals surface area contributed by atoms with Gasteiger partial charge < -0.3 is 14.8 Å². The van der Waals surface area contributed by atoms with Crippen LogP contribution in [0.4, 0.5) is 14.9 Å². The van der Waals surface area contributed by atoms with Crippen LogP contribution < -0.4 is 14.8 Å². The SMILES string of the molecule is COc1cc(/C=C2\SC(=O)N(Cc3ccccc3F)C2=O)cc(Br)c1OCC(=O)Nc1ccccc1Cl. The van der Waals surface area contributed by atoms with E-state index >= 15 is 0 Å². The summed E-state index contributed by atoms with van der Waals surface area (Å²) in [5.41, 5.74) is 1.26. The van der Waals surface area contributed by atoms with Gasteiger partial charge in [-0.3, -0.25) is 19.3 Å². The van der Waals surface area contributed by atoms with Crippen molar-refractivity contribution in [2.45, 2.75) is 6.54 Å². The first-order chi connectivity index (χ1) is 17.8. The van der Waals surface area contributed by atoms with Crippen molar-refractivity contribution in [1.29, 1.82) is 0 Å². The minimum Gasteiger partial charge on any atom is -0.493 e. The van der Waals surface area contributed by atoms with E-state index in [0.29, 0.717) is 26.5 Å². The zero-order valence-electron chi connectivity index (χ0n) is 19.3. The molecule has 1 heterocycles. The van der Waals surface area contributed by atoms with E-state index < -0.39 is 22.9 Å². The largest absolute Gasteiger partial charge is 0.493 e. The Labute approximate surface area is 229 Å². The summed E-state index contributed by atoms with van der Waals surface area (Å²) >= 11 is 10.2. The quantitative estimate of drug-likeness (QED) is 0.295. The third-order valence-electron chi connectivity index (χ3n) is 5.20. The fraction of sp³-hybridized carbons (Fsp3) is 0.115. The maximum atomic E-state index is 14.0. The van der Waals surface area contributed by atoms with E-state index in [1.807, 2.05) is 0 Å². The van der Waals surface area contributed by atoms with E-state index in [0.717, 1.165) is 16.7 Å². The van der Waals surface area contributed by atoms with Gasteiger partial charge >= 0.3 is 0 Å². The van der Waals surface area contributed by atoms with Crippen molar-refractivity contribution in [2.75, 3.05) is 19.0 Å². The number of amides is 3. The second-order valence-corrected chi connectivity index (χ2v) is 9.96. The van der Waals surface area contributed by atoms with E-state index in [-0.39, 0.29) is 29.4 Å². The minimum atomic E-state index is -0.523. The summed E-state index contributed by atoms with van der Waals surface area (Å²) in [5.74, 6) is -0.853. The number of methoxy groups -OCH3 is 1. The van der Waals surface area contributed by atoms with E-state index in [1.54, 1.807) is 42.5 Å². The molecule has 4 rings (SSSR count). The van der Waals surface area contributed by atoms with Crippen molar-refractivity contribution in [3.05, 3.63) is 92.0 Å². The lowest BCUT2D eigenvalue weighted by molar-refractivity contribution is -0.123. The second-order valence-electron chi connectivity index (χ2n) is 7.71. The lowest BCUT2D eigenvalue weighted by atomic mass is 10.1. The number of para-hydroxylation sites is 1. The van der Waals surface area contributed by atoms with Gasteiger partial charge in [-0.15, -0.1) is 0 Å². The van der Waals surface area contributed by atoms with Crippen LogP contribution in [0.25, 0.3) is 6.08 Å². The fourth-order valence-electron chi connectivity index (χ4n) is 3.43. The standard InChI is InChI=1S/C26H19BrClFN2O5S/c1-35-21-11-15(10-17(27)24(21)36-14-23(32)30-20-9-5-3-7-18(20)28)12-22-25(33)31(26(34)37-22)13-16-6-2-4-8-19(16)29/h2-12H,13-14H2,1H3,(H,30,32)/b22-12-. The van der Waals surface area contributed by atoms with Crippen LogP contribution in [0.15, 0.2) is 70.0 Å². The summed E-state index contributed by atoms with van der Waals surface area (Å²) in [6, 6.07) is 16.1. The molecule has 1 aliphatic rings. The first-order valence-corrected chi connectivity index (χ1v) is 12.8. The third-order valence-corrected chi connectivity index (χ3v) is 7.03. The number of imide groups is 1. The van der Waals surface area contributed by atoms with Crippen LogP contribution in [0.2, 0.25) is 5.02 Å². The van der Waals surface area contributed by atoms with Crippen molar-refractivity contribution in [2.24, 2.45) is 0 Å². The molecule has 1 saturated heterocycles. The number of nitrogens with zero attached hydrogens (tertiary/aromatic N) is 1. The molecule has 37 heavy (non-hydrogen) atoms. The molecule has 1 fully saturated rings. The number of carbonyl (C=O) groups is 3. The van der Waals surface area contributed by atoms with Crippen LogP contribution in [0.5, 0.6) is 11.5 Å². The number of carbonyl (C=O) groups excluding carboxylic acids is 3. The highest BCUT2D eigenvalue weighted by Crippen LogP contribution is 2.39. The number of nitrogens with one attached hydrogen (secondary N) is 1. The van der Waals surface area contributed by atoms with Gasteiger partial charge in [-0.25, -0.2) is 4.39 Å². The molecule has 0 bridgehead atoms. The molecule has 7 nitrogen and oxygen atoms in total.